The standard InChI is InChI=1S/C15H13N5S/c16-7-12-1-3-13(4-2-12)9-20-11-18-15(19-20)17-8-14-5-6-21-10-14/h1-6,10-11H,8-9H2,(H,17,19). The van der Waals surface area contributed by atoms with Gasteiger partial charge in [-0.25, -0.2) is 9.67 Å². The Labute approximate surface area is 126 Å². The number of thiophene rings is 1. The number of nitrogens with one attached hydrogen (secondary N) is 1. The van der Waals surface area contributed by atoms with Crippen molar-refractivity contribution >= 4 is 17.3 Å². The molecule has 0 bridgehead atoms. The fraction of sp³-hybridized carbons (Fsp3) is 0.133. The summed E-state index contributed by atoms with van der Waals surface area (Å²) in [6, 6.07) is 11.7. The van der Waals surface area contributed by atoms with Crippen molar-refractivity contribution in [3.8, 4) is 6.07 Å². The number of hydrogen-bond acceptors (Lipinski definition) is 5. The zero-order valence-electron chi connectivity index (χ0n) is 11.2. The number of aromatic nitrogens is 3. The minimum absolute atomic E-state index is 0.620. The monoisotopic (exact) mass is 295 g/mol. The number of benzene rings is 1. The van der Waals surface area contributed by atoms with Gasteiger partial charge in [0.1, 0.15) is 6.33 Å². The summed E-state index contributed by atoms with van der Waals surface area (Å²) in [4.78, 5) is 4.24. The zero-order valence-corrected chi connectivity index (χ0v) is 12.0. The molecule has 0 amide bonds. The number of hydrogen-bond donors (Lipinski definition) is 1. The molecule has 2 heterocycles. The molecule has 6 heteroatoms. The average Bonchev–Trinajstić information content (AvgIpc) is 3.17. The maximum atomic E-state index is 8.77. The van der Waals surface area contributed by atoms with E-state index in [0.29, 0.717) is 18.1 Å². The van der Waals surface area contributed by atoms with Crippen LogP contribution in [0.25, 0.3) is 0 Å². The highest BCUT2D eigenvalue weighted by molar-refractivity contribution is 7.07. The van der Waals surface area contributed by atoms with E-state index in [1.807, 2.05) is 29.6 Å². The Morgan fingerprint density at radius 2 is 2.05 bits per heavy atom. The van der Waals surface area contributed by atoms with Gasteiger partial charge in [0, 0.05) is 6.54 Å². The summed E-state index contributed by atoms with van der Waals surface area (Å²) < 4.78 is 1.78. The molecule has 0 aliphatic heterocycles. The number of nitriles is 1. The molecule has 0 fully saturated rings. The Kier molecular flexibility index (Phi) is 3.94. The lowest BCUT2D eigenvalue weighted by molar-refractivity contribution is 0.686. The van der Waals surface area contributed by atoms with Crippen LogP contribution in [-0.2, 0) is 13.1 Å². The molecule has 21 heavy (non-hydrogen) atoms. The van der Waals surface area contributed by atoms with E-state index >= 15 is 0 Å². The Balaban J connectivity index is 1.60. The van der Waals surface area contributed by atoms with E-state index in [4.69, 9.17) is 5.26 Å². The molecule has 0 aliphatic carbocycles. The van der Waals surface area contributed by atoms with Crippen LogP contribution in [0.3, 0.4) is 0 Å². The van der Waals surface area contributed by atoms with E-state index in [2.05, 4.69) is 32.9 Å². The molecule has 0 unspecified atom stereocenters. The van der Waals surface area contributed by atoms with Gasteiger partial charge in [-0.15, -0.1) is 5.10 Å². The summed E-state index contributed by atoms with van der Waals surface area (Å²) in [5.74, 6) is 0.620. The van der Waals surface area contributed by atoms with Gasteiger partial charge in [0.15, 0.2) is 0 Å². The van der Waals surface area contributed by atoms with Crippen molar-refractivity contribution < 1.29 is 0 Å². The average molecular weight is 295 g/mol. The molecule has 0 aliphatic rings. The molecule has 5 nitrogen and oxygen atoms in total. The third-order valence-corrected chi connectivity index (χ3v) is 3.73. The van der Waals surface area contributed by atoms with Gasteiger partial charge in [0.2, 0.25) is 5.95 Å². The van der Waals surface area contributed by atoms with E-state index < -0.39 is 0 Å². The van der Waals surface area contributed by atoms with E-state index in [1.54, 1.807) is 22.3 Å². The van der Waals surface area contributed by atoms with E-state index in [1.165, 1.54) is 5.56 Å². The molecule has 0 saturated heterocycles. The molecule has 3 rings (SSSR count). The summed E-state index contributed by atoms with van der Waals surface area (Å²) in [5, 5.41) is 20.5. The maximum Gasteiger partial charge on any atom is 0.242 e. The number of rotatable bonds is 5. The second-order valence-corrected chi connectivity index (χ2v) is 5.34. The first-order chi connectivity index (χ1) is 10.3. The first-order valence-corrected chi connectivity index (χ1v) is 7.41. The smallest absolute Gasteiger partial charge is 0.242 e. The summed E-state index contributed by atoms with van der Waals surface area (Å²) in [5.41, 5.74) is 2.97. The van der Waals surface area contributed by atoms with Crippen LogP contribution in [0.15, 0.2) is 47.4 Å². The third kappa shape index (κ3) is 3.46. The van der Waals surface area contributed by atoms with Crippen molar-refractivity contribution in [1.82, 2.24) is 14.8 Å². The molecule has 2 aromatic heterocycles. The van der Waals surface area contributed by atoms with Crippen molar-refractivity contribution in [3.05, 3.63) is 64.1 Å². The van der Waals surface area contributed by atoms with Gasteiger partial charge in [-0.1, -0.05) is 12.1 Å². The summed E-state index contributed by atoms with van der Waals surface area (Å²) in [7, 11) is 0. The molecular weight excluding hydrogens is 282 g/mol. The first kappa shape index (κ1) is 13.3. The summed E-state index contributed by atoms with van der Waals surface area (Å²) >= 11 is 1.68. The lowest BCUT2D eigenvalue weighted by Crippen LogP contribution is -2.03. The van der Waals surface area contributed by atoms with Crippen LogP contribution in [-0.4, -0.2) is 14.8 Å². The molecule has 0 saturated carbocycles. The molecule has 0 atom stereocenters. The molecule has 1 N–H and O–H groups in total. The van der Waals surface area contributed by atoms with Crippen molar-refractivity contribution in [2.24, 2.45) is 0 Å². The van der Waals surface area contributed by atoms with Gasteiger partial charge in [-0.05, 0) is 40.1 Å². The lowest BCUT2D eigenvalue weighted by atomic mass is 10.1. The summed E-state index contributed by atoms with van der Waals surface area (Å²) in [6.07, 6.45) is 1.70. The van der Waals surface area contributed by atoms with Crippen LogP contribution < -0.4 is 5.32 Å². The largest absolute Gasteiger partial charge is 0.349 e. The first-order valence-electron chi connectivity index (χ1n) is 6.47. The second-order valence-electron chi connectivity index (χ2n) is 4.56. The van der Waals surface area contributed by atoms with Crippen LogP contribution in [0, 0.1) is 11.3 Å². The predicted molar refractivity (Wildman–Crippen MR) is 81.9 cm³/mol. The fourth-order valence-corrected chi connectivity index (χ4v) is 2.57. The molecule has 0 spiro atoms. The van der Waals surface area contributed by atoms with Crippen LogP contribution in [0.4, 0.5) is 5.95 Å². The van der Waals surface area contributed by atoms with Crippen LogP contribution in [0.5, 0.6) is 0 Å². The Hall–Kier alpha value is -2.65. The third-order valence-electron chi connectivity index (χ3n) is 2.99. The Morgan fingerprint density at radius 1 is 1.19 bits per heavy atom. The fourth-order valence-electron chi connectivity index (χ4n) is 1.90. The molecule has 104 valence electrons. The van der Waals surface area contributed by atoms with Crippen molar-refractivity contribution in [2.45, 2.75) is 13.1 Å². The second kappa shape index (κ2) is 6.20. The minimum Gasteiger partial charge on any atom is -0.349 e. The van der Waals surface area contributed by atoms with Crippen molar-refractivity contribution in [3.63, 3.8) is 0 Å². The maximum absolute atomic E-state index is 8.77. The minimum atomic E-state index is 0.620. The highest BCUT2D eigenvalue weighted by Gasteiger charge is 2.02. The number of anilines is 1. The summed E-state index contributed by atoms with van der Waals surface area (Å²) in [6.45, 7) is 1.36. The van der Waals surface area contributed by atoms with Crippen LogP contribution in [0.2, 0.25) is 0 Å². The van der Waals surface area contributed by atoms with Gasteiger partial charge < -0.3 is 5.32 Å². The Bertz CT molecular complexity index is 737. The number of nitrogens with zero attached hydrogens (tertiary/aromatic N) is 4. The Morgan fingerprint density at radius 3 is 2.76 bits per heavy atom. The normalized spacial score (nSPS) is 10.2. The quantitative estimate of drug-likeness (QED) is 0.786. The van der Waals surface area contributed by atoms with E-state index in [9.17, 15) is 0 Å². The SMILES string of the molecule is N#Cc1ccc(Cn2cnc(NCc3ccsc3)n2)cc1. The van der Waals surface area contributed by atoms with Crippen LogP contribution >= 0.6 is 11.3 Å². The van der Waals surface area contributed by atoms with E-state index in [0.717, 1.165) is 12.1 Å². The van der Waals surface area contributed by atoms with Gasteiger partial charge >= 0.3 is 0 Å². The highest BCUT2D eigenvalue weighted by Crippen LogP contribution is 2.09. The zero-order chi connectivity index (χ0) is 14.5. The van der Waals surface area contributed by atoms with Gasteiger partial charge in [0.25, 0.3) is 0 Å². The van der Waals surface area contributed by atoms with Gasteiger partial charge in [0.05, 0.1) is 18.2 Å². The van der Waals surface area contributed by atoms with Gasteiger partial charge in [-0.3, -0.25) is 0 Å². The van der Waals surface area contributed by atoms with Gasteiger partial charge in [-0.2, -0.15) is 16.6 Å². The molecular formula is C15H13N5S. The van der Waals surface area contributed by atoms with Crippen molar-refractivity contribution in [1.29, 1.82) is 5.26 Å². The molecule has 0 radical (unpaired) electrons. The predicted octanol–water partition coefficient (Wildman–Crippen LogP) is 2.87. The highest BCUT2D eigenvalue weighted by atomic mass is 32.1. The van der Waals surface area contributed by atoms with E-state index in [-0.39, 0.29) is 0 Å². The topological polar surface area (TPSA) is 66.5 Å². The van der Waals surface area contributed by atoms with Crippen molar-refractivity contribution in [2.75, 3.05) is 5.32 Å². The molecule has 1 aromatic carbocycles. The van der Waals surface area contributed by atoms with Crippen LogP contribution in [0.1, 0.15) is 16.7 Å². The molecule has 3 aromatic rings. The lowest BCUT2D eigenvalue weighted by Gasteiger charge is -2.01.